The fourth-order valence-corrected chi connectivity index (χ4v) is 6.25. The molecule has 0 radical (unpaired) electrons. The van der Waals surface area contributed by atoms with Crippen molar-refractivity contribution in [2.75, 3.05) is 47.7 Å². The first-order valence-electron chi connectivity index (χ1n) is 10.5. The average Bonchev–Trinajstić information content (AvgIpc) is 3.06. The Hall–Kier alpha value is -2.54. The quantitative estimate of drug-likeness (QED) is 0.755. The zero-order chi connectivity index (χ0) is 21.5. The molecule has 0 spiro atoms. The van der Waals surface area contributed by atoms with Crippen LogP contribution in [-0.4, -0.2) is 57.7 Å². The normalized spacial score (nSPS) is 18.7. The molecule has 0 aromatic heterocycles. The Kier molecular flexibility index (Phi) is 5.49. The average molecular weight is 428 g/mol. The maximum absolute atomic E-state index is 13.0. The van der Waals surface area contributed by atoms with Gasteiger partial charge in [0.05, 0.1) is 11.4 Å². The van der Waals surface area contributed by atoms with Crippen molar-refractivity contribution in [2.45, 2.75) is 27.2 Å². The number of hydrogen-bond acceptors (Lipinski definition) is 4. The van der Waals surface area contributed by atoms with Gasteiger partial charge in [-0.1, -0.05) is 17.7 Å². The van der Waals surface area contributed by atoms with Crippen LogP contribution in [0.5, 0.6) is 0 Å². The predicted octanol–water partition coefficient (Wildman–Crippen LogP) is 3.11. The number of aryl methyl sites for hydroxylation is 3. The molecule has 6 nitrogen and oxygen atoms in total. The van der Waals surface area contributed by atoms with E-state index in [1.165, 1.54) is 26.7 Å². The highest BCUT2D eigenvalue weighted by Gasteiger charge is 2.29. The fraction of sp³-hybridized carbons (Fsp3) is 0.435. The topological polar surface area (TPSA) is 60.9 Å². The standard InChI is InChI=1S/C23H29N3O3S/c1-17-15-18(2)22(19(3)16-17)24-10-12-25(13-11-24)23(27)20-5-7-21(8-6-20)26-9-4-14-30(26,28)29/h5-8,15-16H,4,9-14H2,1-3H3. The van der Waals surface area contributed by atoms with E-state index in [-0.39, 0.29) is 11.7 Å². The van der Waals surface area contributed by atoms with Crippen molar-refractivity contribution in [2.24, 2.45) is 0 Å². The second-order valence-corrected chi connectivity index (χ2v) is 10.3. The van der Waals surface area contributed by atoms with Gasteiger partial charge in [-0.05, 0) is 62.6 Å². The summed E-state index contributed by atoms with van der Waals surface area (Å²) in [7, 11) is -3.20. The second-order valence-electron chi connectivity index (χ2n) is 8.32. The third-order valence-corrected chi connectivity index (χ3v) is 7.89. The summed E-state index contributed by atoms with van der Waals surface area (Å²) in [5.74, 6) is 0.195. The van der Waals surface area contributed by atoms with Gasteiger partial charge in [0.15, 0.2) is 0 Å². The van der Waals surface area contributed by atoms with Crippen molar-refractivity contribution in [3.05, 3.63) is 58.7 Å². The number of piperazine rings is 1. The molecule has 1 amide bonds. The van der Waals surface area contributed by atoms with Crippen LogP contribution >= 0.6 is 0 Å². The van der Waals surface area contributed by atoms with Gasteiger partial charge in [0.25, 0.3) is 5.91 Å². The number of anilines is 2. The van der Waals surface area contributed by atoms with E-state index in [4.69, 9.17) is 0 Å². The summed E-state index contributed by atoms with van der Waals surface area (Å²) in [5.41, 5.74) is 6.35. The molecule has 7 heteroatoms. The Balaban J connectivity index is 1.42. The lowest BCUT2D eigenvalue weighted by Crippen LogP contribution is -2.49. The summed E-state index contributed by atoms with van der Waals surface area (Å²) in [6, 6.07) is 11.4. The van der Waals surface area contributed by atoms with E-state index < -0.39 is 10.0 Å². The van der Waals surface area contributed by atoms with Gasteiger partial charge in [-0.25, -0.2) is 8.42 Å². The third kappa shape index (κ3) is 3.90. The highest BCUT2D eigenvalue weighted by molar-refractivity contribution is 7.93. The van der Waals surface area contributed by atoms with Gasteiger partial charge in [-0.2, -0.15) is 0 Å². The zero-order valence-electron chi connectivity index (χ0n) is 17.9. The first kappa shape index (κ1) is 20.7. The summed E-state index contributed by atoms with van der Waals surface area (Å²) in [5, 5.41) is 0. The zero-order valence-corrected chi connectivity index (χ0v) is 18.7. The third-order valence-electron chi connectivity index (χ3n) is 6.02. The molecule has 0 bridgehead atoms. The van der Waals surface area contributed by atoms with Crippen LogP contribution < -0.4 is 9.21 Å². The second kappa shape index (κ2) is 7.95. The summed E-state index contributed by atoms with van der Waals surface area (Å²) in [4.78, 5) is 17.2. The minimum Gasteiger partial charge on any atom is -0.368 e. The number of carbonyl (C=O) groups is 1. The van der Waals surface area contributed by atoms with Gasteiger partial charge < -0.3 is 9.80 Å². The lowest BCUT2D eigenvalue weighted by molar-refractivity contribution is 0.0747. The molecule has 2 fully saturated rings. The van der Waals surface area contributed by atoms with Crippen molar-refractivity contribution in [1.82, 2.24) is 4.90 Å². The van der Waals surface area contributed by atoms with Crippen LogP contribution in [0.3, 0.4) is 0 Å². The number of carbonyl (C=O) groups excluding carboxylic acids is 1. The molecule has 30 heavy (non-hydrogen) atoms. The molecule has 2 heterocycles. The number of nitrogens with zero attached hydrogens (tertiary/aromatic N) is 3. The van der Waals surface area contributed by atoms with Gasteiger partial charge in [0, 0.05) is 44.0 Å². The summed E-state index contributed by atoms with van der Waals surface area (Å²) in [6.45, 7) is 9.88. The number of sulfonamides is 1. The first-order chi connectivity index (χ1) is 14.3. The van der Waals surface area contributed by atoms with Gasteiger partial charge >= 0.3 is 0 Å². The van der Waals surface area contributed by atoms with Gasteiger partial charge in [-0.15, -0.1) is 0 Å². The molecule has 0 atom stereocenters. The molecule has 0 saturated carbocycles. The lowest BCUT2D eigenvalue weighted by Gasteiger charge is -2.37. The molecular weight excluding hydrogens is 398 g/mol. The Morgan fingerprint density at radius 1 is 0.867 bits per heavy atom. The number of rotatable bonds is 3. The Bertz CT molecular complexity index is 1030. The lowest BCUT2D eigenvalue weighted by atomic mass is 10.0. The molecule has 2 aromatic rings. The van der Waals surface area contributed by atoms with Crippen LogP contribution in [-0.2, 0) is 10.0 Å². The van der Waals surface area contributed by atoms with E-state index in [1.807, 2.05) is 4.90 Å². The van der Waals surface area contributed by atoms with Crippen LogP contribution in [0.4, 0.5) is 11.4 Å². The molecule has 0 unspecified atom stereocenters. The predicted molar refractivity (Wildman–Crippen MR) is 121 cm³/mol. The van der Waals surface area contributed by atoms with Gasteiger partial charge in [-0.3, -0.25) is 9.10 Å². The van der Waals surface area contributed by atoms with E-state index in [0.717, 1.165) is 13.1 Å². The maximum Gasteiger partial charge on any atom is 0.253 e. The number of benzene rings is 2. The highest BCUT2D eigenvalue weighted by Crippen LogP contribution is 2.28. The largest absolute Gasteiger partial charge is 0.368 e. The molecule has 0 N–H and O–H groups in total. The maximum atomic E-state index is 13.0. The minimum atomic E-state index is -3.20. The van der Waals surface area contributed by atoms with Crippen molar-refractivity contribution >= 4 is 27.3 Å². The monoisotopic (exact) mass is 427 g/mol. The smallest absolute Gasteiger partial charge is 0.253 e. The van der Waals surface area contributed by atoms with Crippen LogP contribution in [0.25, 0.3) is 0 Å². The van der Waals surface area contributed by atoms with Crippen LogP contribution in [0.1, 0.15) is 33.5 Å². The summed E-state index contributed by atoms with van der Waals surface area (Å²) >= 11 is 0. The van der Waals surface area contributed by atoms with E-state index in [2.05, 4.69) is 37.8 Å². The van der Waals surface area contributed by atoms with E-state index in [1.54, 1.807) is 24.3 Å². The molecule has 0 aliphatic carbocycles. The van der Waals surface area contributed by atoms with E-state index in [9.17, 15) is 13.2 Å². The van der Waals surface area contributed by atoms with Crippen LogP contribution in [0, 0.1) is 20.8 Å². The Morgan fingerprint density at radius 2 is 1.47 bits per heavy atom. The molecule has 2 aliphatic rings. The van der Waals surface area contributed by atoms with Gasteiger partial charge in [0.2, 0.25) is 10.0 Å². The van der Waals surface area contributed by atoms with E-state index >= 15 is 0 Å². The van der Waals surface area contributed by atoms with Crippen molar-refractivity contribution in [3.8, 4) is 0 Å². The molecule has 4 rings (SSSR count). The Labute approximate surface area is 179 Å². The van der Waals surface area contributed by atoms with Crippen molar-refractivity contribution in [3.63, 3.8) is 0 Å². The number of hydrogen-bond donors (Lipinski definition) is 0. The Morgan fingerprint density at radius 3 is 2.00 bits per heavy atom. The minimum absolute atomic E-state index is 0.00262. The van der Waals surface area contributed by atoms with Gasteiger partial charge in [0.1, 0.15) is 0 Å². The molecule has 2 saturated heterocycles. The van der Waals surface area contributed by atoms with Crippen molar-refractivity contribution < 1.29 is 13.2 Å². The molecule has 160 valence electrons. The molecule has 2 aromatic carbocycles. The molecule has 2 aliphatic heterocycles. The van der Waals surface area contributed by atoms with Crippen molar-refractivity contribution in [1.29, 1.82) is 0 Å². The SMILES string of the molecule is Cc1cc(C)c(N2CCN(C(=O)c3ccc(N4CCCS4(=O)=O)cc3)CC2)c(C)c1. The van der Waals surface area contributed by atoms with Crippen LogP contribution in [0.2, 0.25) is 0 Å². The first-order valence-corrected chi connectivity index (χ1v) is 12.1. The van der Waals surface area contributed by atoms with E-state index in [0.29, 0.717) is 37.3 Å². The highest BCUT2D eigenvalue weighted by atomic mass is 32.2. The summed E-state index contributed by atoms with van der Waals surface area (Å²) < 4.78 is 25.6. The molecular formula is C23H29N3O3S. The fourth-order valence-electron chi connectivity index (χ4n) is 4.69. The summed E-state index contributed by atoms with van der Waals surface area (Å²) in [6.07, 6.45) is 0.646. The van der Waals surface area contributed by atoms with Crippen LogP contribution in [0.15, 0.2) is 36.4 Å². The number of amides is 1.